The average Bonchev–Trinajstić information content (AvgIpc) is 3.09. The van der Waals surface area contributed by atoms with E-state index in [-0.39, 0.29) is 35.5 Å². The number of sulfonamides is 1. The molecule has 0 aliphatic carbocycles. The number of imide groups is 1. The predicted octanol–water partition coefficient (Wildman–Crippen LogP) is 1.90. The minimum absolute atomic E-state index is 0.0209. The summed E-state index contributed by atoms with van der Waals surface area (Å²) in [6.07, 6.45) is -0.255. The van der Waals surface area contributed by atoms with Gasteiger partial charge in [0.2, 0.25) is 15.9 Å². The maximum atomic E-state index is 13.1. The van der Waals surface area contributed by atoms with Crippen molar-refractivity contribution < 1.29 is 32.3 Å². The van der Waals surface area contributed by atoms with Crippen LogP contribution in [-0.4, -0.2) is 74.4 Å². The van der Waals surface area contributed by atoms with Gasteiger partial charge in [0.05, 0.1) is 29.9 Å². The van der Waals surface area contributed by atoms with E-state index in [0.29, 0.717) is 18.8 Å². The zero-order valence-electron chi connectivity index (χ0n) is 20.9. The van der Waals surface area contributed by atoms with Gasteiger partial charge >= 0.3 is 6.03 Å². The van der Waals surface area contributed by atoms with Crippen molar-refractivity contribution in [2.75, 3.05) is 38.2 Å². The molecule has 0 aromatic heterocycles. The van der Waals surface area contributed by atoms with Crippen molar-refractivity contribution in [1.29, 1.82) is 0 Å². The van der Waals surface area contributed by atoms with E-state index in [1.165, 1.54) is 22.5 Å². The van der Waals surface area contributed by atoms with E-state index >= 15 is 0 Å². The highest BCUT2D eigenvalue weighted by Crippen LogP contribution is 2.31. The van der Waals surface area contributed by atoms with Crippen molar-refractivity contribution in [2.24, 2.45) is 0 Å². The molecule has 37 heavy (non-hydrogen) atoms. The van der Waals surface area contributed by atoms with Gasteiger partial charge in [0.25, 0.3) is 5.91 Å². The summed E-state index contributed by atoms with van der Waals surface area (Å²) < 4.78 is 38.6. The number of anilines is 1. The molecule has 0 saturated carbocycles. The summed E-state index contributed by atoms with van der Waals surface area (Å²) in [5.74, 6) is -0.993. The molecule has 4 amide bonds. The van der Waals surface area contributed by atoms with Gasteiger partial charge in [-0.15, -0.1) is 0 Å². The van der Waals surface area contributed by atoms with Gasteiger partial charge < -0.3 is 20.1 Å². The number of morpholine rings is 1. The maximum absolute atomic E-state index is 13.1. The SMILES string of the molecule is CC(C)Oc1ccc(S(=O)(=O)N2CCOCC2)cc1NC(=O)CN1C(=O)N[C@](C)(c2ccccc2)C1=O. The monoisotopic (exact) mass is 530 g/mol. The van der Waals surface area contributed by atoms with Gasteiger partial charge in [-0.2, -0.15) is 4.31 Å². The van der Waals surface area contributed by atoms with E-state index in [1.54, 1.807) is 51.1 Å². The molecule has 2 fully saturated rings. The van der Waals surface area contributed by atoms with Crippen LogP contribution in [0.2, 0.25) is 0 Å². The van der Waals surface area contributed by atoms with Crippen LogP contribution in [0.25, 0.3) is 0 Å². The molecule has 0 radical (unpaired) electrons. The first kappa shape index (κ1) is 26.6. The van der Waals surface area contributed by atoms with E-state index in [1.807, 2.05) is 0 Å². The van der Waals surface area contributed by atoms with Crippen molar-refractivity contribution in [1.82, 2.24) is 14.5 Å². The standard InChI is InChI=1S/C25H30N4O7S/c1-17(2)36-21-10-9-19(37(33,34)28-11-13-35-14-12-28)15-20(21)26-22(30)16-29-23(31)25(3,27-24(29)32)18-7-5-4-6-8-18/h4-10,15,17H,11-14,16H2,1-3H3,(H,26,30)(H,27,32)/t25-/m1/s1. The van der Waals surface area contributed by atoms with Crippen molar-refractivity contribution >= 4 is 33.6 Å². The summed E-state index contributed by atoms with van der Waals surface area (Å²) in [4.78, 5) is 39.6. The molecular formula is C25H30N4O7S. The number of hydrogen-bond donors (Lipinski definition) is 2. The molecule has 12 heteroatoms. The van der Waals surface area contributed by atoms with Crippen molar-refractivity contribution in [2.45, 2.75) is 37.3 Å². The van der Waals surface area contributed by atoms with Crippen LogP contribution in [-0.2, 0) is 29.9 Å². The van der Waals surface area contributed by atoms with Crippen LogP contribution in [0.3, 0.4) is 0 Å². The summed E-state index contributed by atoms with van der Waals surface area (Å²) in [6.45, 7) is 5.64. The molecule has 0 spiro atoms. The number of rotatable bonds is 8. The van der Waals surface area contributed by atoms with Crippen molar-refractivity contribution in [3.8, 4) is 5.75 Å². The summed E-state index contributed by atoms with van der Waals surface area (Å²) >= 11 is 0. The molecule has 2 saturated heterocycles. The Kier molecular flexibility index (Phi) is 7.53. The second-order valence-electron chi connectivity index (χ2n) is 9.20. The molecule has 2 aliphatic heterocycles. The number of benzene rings is 2. The lowest BCUT2D eigenvalue weighted by Crippen LogP contribution is -2.42. The molecule has 2 N–H and O–H groups in total. The van der Waals surface area contributed by atoms with Crippen LogP contribution in [0.15, 0.2) is 53.4 Å². The molecule has 0 bridgehead atoms. The Balaban J connectivity index is 1.56. The fraction of sp³-hybridized carbons (Fsp3) is 0.400. The summed E-state index contributed by atoms with van der Waals surface area (Å²) in [5, 5.41) is 5.28. The van der Waals surface area contributed by atoms with E-state index < -0.39 is 40.0 Å². The third kappa shape index (κ3) is 5.45. The van der Waals surface area contributed by atoms with Crippen LogP contribution in [0, 0.1) is 0 Å². The van der Waals surface area contributed by atoms with E-state index in [0.717, 1.165) is 4.90 Å². The predicted molar refractivity (Wildman–Crippen MR) is 134 cm³/mol. The number of nitrogens with zero attached hydrogens (tertiary/aromatic N) is 2. The molecule has 2 aromatic rings. The normalized spacial score (nSPS) is 20.7. The lowest BCUT2D eigenvalue weighted by atomic mass is 9.92. The van der Waals surface area contributed by atoms with Crippen LogP contribution in [0.5, 0.6) is 5.75 Å². The molecule has 2 aliphatic rings. The smallest absolute Gasteiger partial charge is 0.325 e. The molecule has 198 valence electrons. The second kappa shape index (κ2) is 10.5. The average molecular weight is 531 g/mol. The fourth-order valence-corrected chi connectivity index (χ4v) is 5.64. The van der Waals surface area contributed by atoms with Gasteiger partial charge in [-0.05, 0) is 44.5 Å². The van der Waals surface area contributed by atoms with Gasteiger partial charge in [0.1, 0.15) is 17.8 Å². The van der Waals surface area contributed by atoms with E-state index in [4.69, 9.17) is 9.47 Å². The van der Waals surface area contributed by atoms with Gasteiger partial charge in [-0.3, -0.25) is 14.5 Å². The lowest BCUT2D eigenvalue weighted by Gasteiger charge is -2.26. The Morgan fingerprint density at radius 3 is 2.46 bits per heavy atom. The molecule has 0 unspecified atom stereocenters. The molecule has 2 aromatic carbocycles. The van der Waals surface area contributed by atoms with Gasteiger partial charge in [-0.25, -0.2) is 13.2 Å². The highest BCUT2D eigenvalue weighted by atomic mass is 32.2. The van der Waals surface area contributed by atoms with Crippen molar-refractivity contribution in [3.63, 3.8) is 0 Å². The Labute approximate surface area is 215 Å². The zero-order chi connectivity index (χ0) is 26.8. The molecule has 1 atom stereocenters. The van der Waals surface area contributed by atoms with Crippen LogP contribution in [0.4, 0.5) is 10.5 Å². The Hall–Kier alpha value is -3.48. The van der Waals surface area contributed by atoms with Crippen LogP contribution in [0.1, 0.15) is 26.3 Å². The van der Waals surface area contributed by atoms with Gasteiger partial charge in [0.15, 0.2) is 0 Å². The summed E-state index contributed by atoms with van der Waals surface area (Å²) in [7, 11) is -3.83. The summed E-state index contributed by atoms with van der Waals surface area (Å²) in [5.41, 5.74) is -0.604. The fourth-order valence-electron chi connectivity index (χ4n) is 4.20. The number of nitrogens with one attached hydrogen (secondary N) is 2. The van der Waals surface area contributed by atoms with Gasteiger partial charge in [0, 0.05) is 13.1 Å². The Morgan fingerprint density at radius 2 is 1.81 bits per heavy atom. The minimum atomic E-state index is -3.83. The highest BCUT2D eigenvalue weighted by Gasteiger charge is 2.49. The number of hydrogen-bond acceptors (Lipinski definition) is 7. The molecule has 2 heterocycles. The molecule has 4 rings (SSSR count). The lowest BCUT2D eigenvalue weighted by molar-refractivity contribution is -0.133. The van der Waals surface area contributed by atoms with E-state index in [2.05, 4.69) is 10.6 Å². The highest BCUT2D eigenvalue weighted by molar-refractivity contribution is 7.89. The zero-order valence-corrected chi connectivity index (χ0v) is 21.7. The Bertz CT molecular complexity index is 1290. The first-order valence-electron chi connectivity index (χ1n) is 11.9. The van der Waals surface area contributed by atoms with Gasteiger partial charge in [-0.1, -0.05) is 30.3 Å². The largest absolute Gasteiger partial charge is 0.489 e. The number of ether oxygens (including phenoxy) is 2. The second-order valence-corrected chi connectivity index (χ2v) is 11.1. The third-order valence-corrected chi connectivity index (χ3v) is 8.02. The van der Waals surface area contributed by atoms with Crippen LogP contribution >= 0.6 is 0 Å². The van der Waals surface area contributed by atoms with Crippen molar-refractivity contribution in [3.05, 3.63) is 54.1 Å². The van der Waals surface area contributed by atoms with E-state index in [9.17, 15) is 22.8 Å². The Morgan fingerprint density at radius 1 is 1.14 bits per heavy atom. The van der Waals surface area contributed by atoms with Crippen LogP contribution < -0.4 is 15.4 Å². The quantitative estimate of drug-likeness (QED) is 0.498. The first-order valence-corrected chi connectivity index (χ1v) is 13.3. The number of carbonyl (C=O) groups excluding carboxylic acids is 3. The number of amides is 4. The third-order valence-electron chi connectivity index (χ3n) is 6.12. The summed E-state index contributed by atoms with van der Waals surface area (Å²) in [6, 6.07) is 12.3. The number of carbonyl (C=O) groups is 3. The molecular weight excluding hydrogens is 500 g/mol. The molecule has 11 nitrogen and oxygen atoms in total. The maximum Gasteiger partial charge on any atom is 0.325 e. The topological polar surface area (TPSA) is 134 Å². The number of urea groups is 1. The minimum Gasteiger partial charge on any atom is -0.489 e. The first-order chi connectivity index (χ1) is 17.5.